The van der Waals surface area contributed by atoms with Gasteiger partial charge in [-0.3, -0.25) is 9.48 Å². The van der Waals surface area contributed by atoms with E-state index >= 15 is 0 Å². The van der Waals surface area contributed by atoms with Crippen molar-refractivity contribution in [3.8, 4) is 0 Å². The summed E-state index contributed by atoms with van der Waals surface area (Å²) < 4.78 is 1.70. The van der Waals surface area contributed by atoms with Crippen LogP contribution in [0.3, 0.4) is 0 Å². The number of hydrogen-bond acceptors (Lipinski definition) is 3. The van der Waals surface area contributed by atoms with Crippen LogP contribution in [-0.4, -0.2) is 33.9 Å². The van der Waals surface area contributed by atoms with Gasteiger partial charge < -0.3 is 10.4 Å². The second-order valence-corrected chi connectivity index (χ2v) is 4.25. The predicted molar refractivity (Wildman–Crippen MR) is 61.5 cm³/mol. The number of nitrogens with one attached hydrogen (secondary N) is 1. The molecule has 0 amide bonds. The maximum Gasteiger partial charge on any atom is 0.322 e. The molecule has 90 valence electrons. The molecule has 0 saturated heterocycles. The van der Waals surface area contributed by atoms with Crippen molar-refractivity contribution in [1.82, 2.24) is 15.1 Å². The van der Waals surface area contributed by atoms with E-state index in [1.165, 1.54) is 0 Å². The molecule has 0 bridgehead atoms. The Hall–Kier alpha value is -1.36. The number of rotatable bonds is 5. The van der Waals surface area contributed by atoms with Crippen LogP contribution < -0.4 is 5.32 Å². The summed E-state index contributed by atoms with van der Waals surface area (Å²) in [6, 6.07) is -0.838. The Morgan fingerprint density at radius 3 is 2.50 bits per heavy atom. The lowest BCUT2D eigenvalue weighted by molar-refractivity contribution is -0.140. The molecule has 0 aliphatic rings. The van der Waals surface area contributed by atoms with E-state index in [2.05, 4.69) is 24.3 Å². The smallest absolute Gasteiger partial charge is 0.322 e. The highest BCUT2D eigenvalue weighted by Gasteiger charge is 2.24. The van der Waals surface area contributed by atoms with Crippen molar-refractivity contribution in [2.75, 3.05) is 7.05 Å². The van der Waals surface area contributed by atoms with Gasteiger partial charge in [-0.15, -0.1) is 0 Å². The van der Waals surface area contributed by atoms with Crippen LogP contribution in [0, 0.1) is 0 Å². The van der Waals surface area contributed by atoms with Crippen LogP contribution in [0.25, 0.3) is 0 Å². The summed E-state index contributed by atoms with van der Waals surface area (Å²) in [5, 5.41) is 16.0. The van der Waals surface area contributed by atoms with Gasteiger partial charge in [0.15, 0.2) is 0 Å². The minimum atomic E-state index is -0.864. The lowest BCUT2D eigenvalue weighted by atomic mass is 10.1. The van der Waals surface area contributed by atoms with Crippen LogP contribution in [0.5, 0.6) is 0 Å². The van der Waals surface area contributed by atoms with Gasteiger partial charge >= 0.3 is 5.97 Å². The van der Waals surface area contributed by atoms with Crippen molar-refractivity contribution >= 4 is 5.97 Å². The molecule has 0 aliphatic carbocycles. The standard InChI is InChI=1S/C11H19N3O2/c1-7(2)9-5-13-14(6-9)8(3)10(12-4)11(15)16/h5-8,10,12H,1-4H3,(H,15,16). The van der Waals surface area contributed by atoms with Crippen LogP contribution in [0.4, 0.5) is 0 Å². The third-order valence-electron chi connectivity index (χ3n) is 2.76. The summed E-state index contributed by atoms with van der Waals surface area (Å²) in [5.74, 6) is -0.463. The minimum Gasteiger partial charge on any atom is -0.480 e. The number of nitrogens with zero attached hydrogens (tertiary/aromatic N) is 2. The maximum atomic E-state index is 11.0. The quantitative estimate of drug-likeness (QED) is 0.791. The number of aromatic nitrogens is 2. The van der Waals surface area contributed by atoms with Crippen molar-refractivity contribution in [1.29, 1.82) is 0 Å². The van der Waals surface area contributed by atoms with E-state index < -0.39 is 12.0 Å². The summed E-state index contributed by atoms with van der Waals surface area (Å²) in [7, 11) is 1.64. The molecule has 5 heteroatoms. The molecule has 1 aromatic rings. The van der Waals surface area contributed by atoms with Crippen LogP contribution in [0.2, 0.25) is 0 Å². The van der Waals surface area contributed by atoms with Gasteiger partial charge in [-0.25, -0.2) is 0 Å². The Bertz CT molecular complexity index is 360. The Kier molecular flexibility index (Phi) is 4.06. The Morgan fingerprint density at radius 2 is 2.12 bits per heavy atom. The zero-order chi connectivity index (χ0) is 12.3. The second kappa shape index (κ2) is 5.12. The van der Waals surface area contributed by atoms with E-state index in [0.717, 1.165) is 5.56 Å². The van der Waals surface area contributed by atoms with Crippen molar-refractivity contribution < 1.29 is 9.90 Å². The van der Waals surface area contributed by atoms with Gasteiger partial charge in [0.1, 0.15) is 6.04 Å². The zero-order valence-corrected chi connectivity index (χ0v) is 10.1. The lowest BCUT2D eigenvalue weighted by Gasteiger charge is -2.19. The third-order valence-corrected chi connectivity index (χ3v) is 2.76. The summed E-state index contributed by atoms with van der Waals surface area (Å²) >= 11 is 0. The predicted octanol–water partition coefficient (Wildman–Crippen LogP) is 1.24. The first kappa shape index (κ1) is 12.7. The van der Waals surface area contributed by atoms with Crippen molar-refractivity contribution in [2.45, 2.75) is 38.8 Å². The molecule has 0 saturated carbocycles. The number of carboxylic acids is 1. The molecule has 0 radical (unpaired) electrons. The molecule has 0 fully saturated rings. The van der Waals surface area contributed by atoms with Crippen LogP contribution in [0.1, 0.15) is 38.3 Å². The second-order valence-electron chi connectivity index (χ2n) is 4.25. The SMILES string of the molecule is CNC(C(=O)O)C(C)n1cc(C(C)C)cn1. The highest BCUT2D eigenvalue weighted by molar-refractivity contribution is 5.74. The number of carboxylic acid groups (broad SMARTS) is 1. The summed E-state index contributed by atoms with van der Waals surface area (Å²) in [5.41, 5.74) is 1.12. The molecule has 0 aliphatic heterocycles. The van der Waals surface area contributed by atoms with Crippen LogP contribution in [0.15, 0.2) is 12.4 Å². The Morgan fingerprint density at radius 1 is 1.50 bits per heavy atom. The molecular weight excluding hydrogens is 206 g/mol. The molecule has 0 spiro atoms. The van der Waals surface area contributed by atoms with E-state index in [9.17, 15) is 4.79 Å². The van der Waals surface area contributed by atoms with E-state index in [1.54, 1.807) is 17.9 Å². The van der Waals surface area contributed by atoms with Gasteiger partial charge in [-0.2, -0.15) is 5.10 Å². The molecule has 0 aromatic carbocycles. The molecule has 1 rings (SSSR count). The number of hydrogen-bond donors (Lipinski definition) is 2. The van der Waals surface area contributed by atoms with Gasteiger partial charge in [0.05, 0.1) is 12.2 Å². The van der Waals surface area contributed by atoms with E-state index in [4.69, 9.17) is 5.11 Å². The normalized spacial score (nSPS) is 15.1. The highest BCUT2D eigenvalue weighted by atomic mass is 16.4. The fourth-order valence-corrected chi connectivity index (χ4v) is 1.60. The topological polar surface area (TPSA) is 67.2 Å². The first-order chi connectivity index (χ1) is 7.47. The highest BCUT2D eigenvalue weighted by Crippen LogP contribution is 2.16. The van der Waals surface area contributed by atoms with Gasteiger partial charge in [-0.05, 0) is 25.5 Å². The van der Waals surface area contributed by atoms with Crippen molar-refractivity contribution in [3.63, 3.8) is 0 Å². The monoisotopic (exact) mass is 225 g/mol. The van der Waals surface area contributed by atoms with Gasteiger partial charge in [0.25, 0.3) is 0 Å². The average Bonchev–Trinajstić information content (AvgIpc) is 2.66. The van der Waals surface area contributed by atoms with E-state index in [-0.39, 0.29) is 6.04 Å². The number of likely N-dealkylation sites (N-methyl/N-ethyl adjacent to an activating group) is 1. The van der Waals surface area contributed by atoms with Crippen molar-refractivity contribution in [2.24, 2.45) is 0 Å². The molecule has 2 atom stereocenters. The molecule has 1 aromatic heterocycles. The van der Waals surface area contributed by atoms with Crippen LogP contribution >= 0.6 is 0 Å². The fourth-order valence-electron chi connectivity index (χ4n) is 1.60. The zero-order valence-electron chi connectivity index (χ0n) is 10.1. The molecule has 5 nitrogen and oxygen atoms in total. The minimum absolute atomic E-state index is 0.213. The molecular formula is C11H19N3O2. The molecule has 2 N–H and O–H groups in total. The Labute approximate surface area is 95.5 Å². The van der Waals surface area contributed by atoms with E-state index in [0.29, 0.717) is 5.92 Å². The first-order valence-electron chi connectivity index (χ1n) is 5.41. The van der Waals surface area contributed by atoms with E-state index in [1.807, 2.05) is 13.1 Å². The Balaban J connectivity index is 2.86. The summed E-state index contributed by atoms with van der Waals surface area (Å²) in [4.78, 5) is 11.0. The van der Waals surface area contributed by atoms with Gasteiger partial charge in [-0.1, -0.05) is 13.8 Å². The summed E-state index contributed by atoms with van der Waals surface area (Å²) in [6.07, 6.45) is 3.69. The molecule has 16 heavy (non-hydrogen) atoms. The van der Waals surface area contributed by atoms with Gasteiger partial charge in [0.2, 0.25) is 0 Å². The average molecular weight is 225 g/mol. The maximum absolute atomic E-state index is 11.0. The summed E-state index contributed by atoms with van der Waals surface area (Å²) in [6.45, 7) is 6.00. The largest absolute Gasteiger partial charge is 0.480 e. The lowest BCUT2D eigenvalue weighted by Crippen LogP contribution is -2.40. The number of aliphatic carboxylic acids is 1. The van der Waals surface area contributed by atoms with Crippen LogP contribution in [-0.2, 0) is 4.79 Å². The molecule has 2 unspecified atom stereocenters. The number of carbonyl (C=O) groups is 1. The fraction of sp³-hybridized carbons (Fsp3) is 0.636. The first-order valence-corrected chi connectivity index (χ1v) is 5.41. The van der Waals surface area contributed by atoms with Crippen molar-refractivity contribution in [3.05, 3.63) is 18.0 Å². The third kappa shape index (κ3) is 2.61. The molecule has 1 heterocycles. The van der Waals surface area contributed by atoms with Gasteiger partial charge in [0, 0.05) is 6.20 Å².